The van der Waals surface area contributed by atoms with E-state index in [1.807, 2.05) is 0 Å². The van der Waals surface area contributed by atoms with E-state index < -0.39 is 33.4 Å². The summed E-state index contributed by atoms with van der Waals surface area (Å²) in [6.45, 7) is 0. The van der Waals surface area contributed by atoms with Crippen LogP contribution in [0.25, 0.3) is 16.6 Å². The van der Waals surface area contributed by atoms with Gasteiger partial charge in [0.15, 0.2) is 11.6 Å². The summed E-state index contributed by atoms with van der Waals surface area (Å²) in [6, 6.07) is 11.6. The second-order valence-corrected chi connectivity index (χ2v) is 10.2. The van der Waals surface area contributed by atoms with E-state index in [4.69, 9.17) is 11.6 Å². The van der Waals surface area contributed by atoms with Crippen molar-refractivity contribution in [2.75, 3.05) is 10.0 Å². The van der Waals surface area contributed by atoms with Crippen molar-refractivity contribution >= 4 is 49.8 Å². The molecule has 38 heavy (non-hydrogen) atoms. The number of aromatic nitrogens is 4. The van der Waals surface area contributed by atoms with Crippen molar-refractivity contribution in [3.05, 3.63) is 95.2 Å². The average molecular weight is 561 g/mol. The molecule has 0 fully saturated rings. The Morgan fingerprint density at radius 1 is 1.00 bits per heavy atom. The molecule has 0 aliphatic rings. The highest BCUT2D eigenvalue weighted by Crippen LogP contribution is 2.26. The molecule has 5 rings (SSSR count). The van der Waals surface area contributed by atoms with E-state index in [0.717, 1.165) is 29.2 Å². The molecule has 14 heteroatoms. The van der Waals surface area contributed by atoms with Crippen molar-refractivity contribution in [3.8, 4) is 5.69 Å². The lowest BCUT2D eigenvalue weighted by Gasteiger charge is -2.08. The fraction of sp³-hybridized carbons (Fsp3) is 0.0417. The summed E-state index contributed by atoms with van der Waals surface area (Å²) in [5, 5.41) is 11.0. The molecule has 0 saturated carbocycles. The largest absolute Gasteiger partial charge is 0.321 e. The quantitative estimate of drug-likeness (QED) is 0.307. The van der Waals surface area contributed by atoms with Gasteiger partial charge in [-0.15, -0.1) is 0 Å². The number of benzene rings is 3. The molecule has 9 nitrogen and oxygen atoms in total. The number of amides is 1. The van der Waals surface area contributed by atoms with Gasteiger partial charge < -0.3 is 5.32 Å². The van der Waals surface area contributed by atoms with E-state index in [0.29, 0.717) is 10.9 Å². The normalized spacial score (nSPS) is 11.6. The Morgan fingerprint density at radius 3 is 2.53 bits per heavy atom. The monoisotopic (exact) mass is 560 g/mol. The molecular weight excluding hydrogens is 545 g/mol. The van der Waals surface area contributed by atoms with Crippen LogP contribution in [0.5, 0.6) is 0 Å². The number of sulfonamides is 1. The van der Waals surface area contributed by atoms with Crippen LogP contribution >= 0.6 is 11.6 Å². The van der Waals surface area contributed by atoms with Gasteiger partial charge in [0.25, 0.3) is 15.9 Å². The van der Waals surface area contributed by atoms with E-state index in [1.165, 1.54) is 54.2 Å². The second-order valence-electron chi connectivity index (χ2n) is 8.09. The highest BCUT2D eigenvalue weighted by atomic mass is 35.5. The van der Waals surface area contributed by atoms with Gasteiger partial charge in [-0.1, -0.05) is 17.7 Å². The van der Waals surface area contributed by atoms with Gasteiger partial charge in [0.2, 0.25) is 0 Å². The standard InChI is InChI=1S/C24H16ClF3N6O3S/c1-33-23(24(35)30-13-6-8-18(26)17(25)9-13)16-7-5-14(10-20(16)31-33)32-38(36,37)15-11-29-34(12-15)21-4-2-3-19(27)22(21)28/h2-12,32H,1H3,(H,30,35). The minimum Gasteiger partial charge on any atom is -0.321 e. The SMILES string of the molecule is Cn1nc2cc(NS(=O)(=O)c3cnn(-c4cccc(F)c4F)c3)ccc2c1C(=O)Nc1ccc(F)c(Cl)c1. The van der Waals surface area contributed by atoms with Gasteiger partial charge in [-0.2, -0.15) is 10.2 Å². The molecule has 2 heterocycles. The van der Waals surface area contributed by atoms with Gasteiger partial charge in [0.05, 0.1) is 28.6 Å². The van der Waals surface area contributed by atoms with Crippen molar-refractivity contribution in [2.24, 2.45) is 7.05 Å². The fourth-order valence-electron chi connectivity index (χ4n) is 3.76. The summed E-state index contributed by atoms with van der Waals surface area (Å²) in [7, 11) is -2.63. The zero-order chi connectivity index (χ0) is 27.2. The van der Waals surface area contributed by atoms with E-state index in [2.05, 4.69) is 20.2 Å². The first-order valence-corrected chi connectivity index (χ1v) is 12.6. The first kappa shape index (κ1) is 25.3. The topological polar surface area (TPSA) is 111 Å². The maximum atomic E-state index is 14.1. The second kappa shape index (κ2) is 9.50. The molecule has 0 radical (unpaired) electrons. The maximum Gasteiger partial charge on any atom is 0.274 e. The molecule has 0 aliphatic heterocycles. The van der Waals surface area contributed by atoms with Crippen molar-refractivity contribution < 1.29 is 26.4 Å². The Labute approximate surface area is 218 Å². The lowest BCUT2D eigenvalue weighted by atomic mass is 10.2. The van der Waals surface area contributed by atoms with Gasteiger partial charge in [-0.25, -0.2) is 26.3 Å². The number of nitrogens with zero attached hydrogens (tertiary/aromatic N) is 4. The van der Waals surface area contributed by atoms with E-state index in [1.54, 1.807) is 0 Å². The summed E-state index contributed by atoms with van der Waals surface area (Å²) in [4.78, 5) is 12.6. The van der Waals surface area contributed by atoms with Gasteiger partial charge in [-0.05, 0) is 48.5 Å². The zero-order valence-corrected chi connectivity index (χ0v) is 20.9. The van der Waals surface area contributed by atoms with E-state index in [9.17, 15) is 26.4 Å². The number of nitrogens with one attached hydrogen (secondary N) is 2. The number of hydrogen-bond donors (Lipinski definition) is 2. The predicted molar refractivity (Wildman–Crippen MR) is 134 cm³/mol. The third-order valence-corrected chi connectivity index (χ3v) is 7.15. The van der Waals surface area contributed by atoms with E-state index >= 15 is 0 Å². The molecular formula is C24H16ClF3N6O3S. The molecule has 0 aliphatic carbocycles. The molecule has 1 amide bonds. The Balaban J connectivity index is 1.39. The molecule has 2 aromatic heterocycles. The number of carbonyl (C=O) groups excluding carboxylic acids is 1. The van der Waals surface area contributed by atoms with Crippen molar-refractivity contribution in [1.82, 2.24) is 19.6 Å². The summed E-state index contributed by atoms with van der Waals surface area (Å²) >= 11 is 5.77. The van der Waals surface area contributed by atoms with Crippen LogP contribution in [0, 0.1) is 17.5 Å². The minimum absolute atomic E-state index is 0.137. The van der Waals surface area contributed by atoms with Crippen LogP contribution in [0.15, 0.2) is 71.9 Å². The van der Waals surface area contributed by atoms with Gasteiger partial charge in [0.1, 0.15) is 22.1 Å². The molecule has 0 atom stereocenters. The Kier molecular flexibility index (Phi) is 6.33. The predicted octanol–water partition coefficient (Wildman–Crippen LogP) is 4.88. The number of rotatable bonds is 6. The molecule has 0 unspecified atom stereocenters. The summed E-state index contributed by atoms with van der Waals surface area (Å²) in [5.74, 6) is -3.43. The van der Waals surface area contributed by atoms with Crippen molar-refractivity contribution in [3.63, 3.8) is 0 Å². The third-order valence-electron chi connectivity index (χ3n) is 5.53. The Hall–Kier alpha value is -4.36. The number of aryl methyl sites for hydroxylation is 1. The van der Waals surface area contributed by atoms with Crippen LogP contribution in [0.4, 0.5) is 24.5 Å². The number of carbonyl (C=O) groups is 1. The zero-order valence-electron chi connectivity index (χ0n) is 19.3. The Bertz CT molecular complexity index is 1840. The number of anilines is 2. The lowest BCUT2D eigenvalue weighted by molar-refractivity contribution is 0.101. The van der Waals surface area contributed by atoms with Crippen LogP contribution < -0.4 is 10.0 Å². The molecule has 2 N–H and O–H groups in total. The number of fused-ring (bicyclic) bond motifs is 1. The van der Waals surface area contributed by atoms with E-state index in [-0.39, 0.29) is 32.7 Å². The number of halogens is 4. The van der Waals surface area contributed by atoms with Crippen LogP contribution in [-0.4, -0.2) is 33.9 Å². The summed E-state index contributed by atoms with van der Waals surface area (Å²) in [5.41, 5.74) is 0.646. The fourth-order valence-corrected chi connectivity index (χ4v) is 4.92. The van der Waals surface area contributed by atoms with Gasteiger partial charge in [0, 0.05) is 18.1 Å². The smallest absolute Gasteiger partial charge is 0.274 e. The van der Waals surface area contributed by atoms with Crippen LogP contribution in [-0.2, 0) is 17.1 Å². The minimum atomic E-state index is -4.17. The molecule has 194 valence electrons. The average Bonchev–Trinajstić information content (AvgIpc) is 3.47. The highest BCUT2D eigenvalue weighted by Gasteiger charge is 2.21. The van der Waals surface area contributed by atoms with Crippen molar-refractivity contribution in [2.45, 2.75) is 4.90 Å². The van der Waals surface area contributed by atoms with Crippen LogP contribution in [0.1, 0.15) is 10.5 Å². The lowest BCUT2D eigenvalue weighted by Crippen LogP contribution is -2.16. The molecule has 3 aromatic carbocycles. The van der Waals surface area contributed by atoms with Crippen molar-refractivity contribution in [1.29, 1.82) is 0 Å². The molecule has 0 bridgehead atoms. The summed E-state index contributed by atoms with van der Waals surface area (Å²) in [6.07, 6.45) is 2.04. The summed E-state index contributed by atoms with van der Waals surface area (Å²) < 4.78 is 71.5. The first-order chi connectivity index (χ1) is 18.0. The van der Waals surface area contributed by atoms with Crippen LogP contribution in [0.2, 0.25) is 5.02 Å². The highest BCUT2D eigenvalue weighted by molar-refractivity contribution is 7.92. The molecule has 0 spiro atoms. The van der Waals surface area contributed by atoms with Crippen LogP contribution in [0.3, 0.4) is 0 Å². The molecule has 0 saturated heterocycles. The van der Waals surface area contributed by atoms with Gasteiger partial charge in [-0.3, -0.25) is 14.2 Å². The van der Waals surface area contributed by atoms with Gasteiger partial charge >= 0.3 is 0 Å². The molecule has 5 aromatic rings. The number of hydrogen-bond acceptors (Lipinski definition) is 5. The third kappa shape index (κ3) is 4.68. The first-order valence-electron chi connectivity index (χ1n) is 10.8. The maximum absolute atomic E-state index is 14.1. The Morgan fingerprint density at radius 2 is 1.76 bits per heavy atom.